The molecule has 1 heteroatoms. The maximum absolute atomic E-state index is 9.74. The molecule has 2 saturated carbocycles. The lowest BCUT2D eigenvalue weighted by Gasteiger charge is -2.19. The minimum Gasteiger partial charge on any atom is -0.390 e. The van der Waals surface area contributed by atoms with Crippen molar-refractivity contribution in [3.63, 3.8) is 0 Å². The molecule has 0 radical (unpaired) electrons. The van der Waals surface area contributed by atoms with Gasteiger partial charge in [0.2, 0.25) is 0 Å². The van der Waals surface area contributed by atoms with E-state index in [4.69, 9.17) is 0 Å². The van der Waals surface area contributed by atoms with Crippen molar-refractivity contribution in [2.24, 2.45) is 17.8 Å². The van der Waals surface area contributed by atoms with E-state index < -0.39 is 0 Å². The Labute approximate surface area is 79.8 Å². The maximum Gasteiger partial charge on any atom is 0.0650 e. The van der Waals surface area contributed by atoms with E-state index in [2.05, 4.69) is 12.2 Å². The first kappa shape index (κ1) is 8.05. The van der Waals surface area contributed by atoms with Gasteiger partial charge in [-0.1, -0.05) is 12.2 Å². The van der Waals surface area contributed by atoms with Gasteiger partial charge in [0.15, 0.2) is 0 Å². The lowest BCUT2D eigenvalue weighted by molar-refractivity contribution is 0.128. The third-order valence-corrected chi connectivity index (χ3v) is 4.22. The van der Waals surface area contributed by atoms with Crippen molar-refractivity contribution in [2.45, 2.75) is 44.1 Å². The van der Waals surface area contributed by atoms with E-state index in [-0.39, 0.29) is 5.60 Å². The summed E-state index contributed by atoms with van der Waals surface area (Å²) in [5.41, 5.74) is -0.217. The van der Waals surface area contributed by atoms with Crippen LogP contribution in [-0.4, -0.2) is 10.7 Å². The molecule has 0 heterocycles. The molecule has 0 aromatic carbocycles. The number of hydrogen-bond donors (Lipinski definition) is 1. The third-order valence-electron chi connectivity index (χ3n) is 4.22. The molecule has 72 valence electrons. The van der Waals surface area contributed by atoms with E-state index in [0.717, 1.165) is 37.0 Å². The van der Waals surface area contributed by atoms with Crippen LogP contribution < -0.4 is 0 Å². The Morgan fingerprint density at radius 3 is 2.62 bits per heavy atom. The molecule has 0 aromatic heterocycles. The van der Waals surface area contributed by atoms with Crippen LogP contribution in [0.3, 0.4) is 0 Å². The molecule has 3 aliphatic rings. The highest BCUT2D eigenvalue weighted by Crippen LogP contribution is 2.48. The van der Waals surface area contributed by atoms with Crippen molar-refractivity contribution in [1.29, 1.82) is 0 Å². The van der Waals surface area contributed by atoms with Gasteiger partial charge in [-0.25, -0.2) is 0 Å². The molecule has 3 rings (SSSR count). The van der Waals surface area contributed by atoms with Gasteiger partial charge >= 0.3 is 0 Å². The lowest BCUT2D eigenvalue weighted by atomic mass is 9.88. The third kappa shape index (κ3) is 1.43. The van der Waals surface area contributed by atoms with Crippen molar-refractivity contribution >= 4 is 0 Å². The van der Waals surface area contributed by atoms with Gasteiger partial charge in [-0.2, -0.15) is 0 Å². The molecular formula is C12H18O. The van der Waals surface area contributed by atoms with Gasteiger partial charge in [-0.3, -0.25) is 0 Å². The second-order valence-electron chi connectivity index (χ2n) is 5.30. The maximum atomic E-state index is 9.74. The molecule has 0 amide bonds. The van der Waals surface area contributed by atoms with Crippen LogP contribution in [0, 0.1) is 17.8 Å². The van der Waals surface area contributed by atoms with Crippen LogP contribution in [0.2, 0.25) is 0 Å². The van der Waals surface area contributed by atoms with E-state index in [1.807, 2.05) is 0 Å². The predicted molar refractivity (Wildman–Crippen MR) is 52.3 cm³/mol. The van der Waals surface area contributed by atoms with Gasteiger partial charge in [-0.15, -0.1) is 0 Å². The number of fused-ring (bicyclic) bond motifs is 2. The quantitative estimate of drug-likeness (QED) is 0.658. The highest BCUT2D eigenvalue weighted by atomic mass is 16.3. The summed E-state index contributed by atoms with van der Waals surface area (Å²) in [5.74, 6) is 2.66. The Kier molecular flexibility index (Phi) is 1.61. The molecule has 3 atom stereocenters. The summed E-state index contributed by atoms with van der Waals surface area (Å²) >= 11 is 0. The second-order valence-corrected chi connectivity index (χ2v) is 5.30. The number of hydrogen-bond acceptors (Lipinski definition) is 1. The van der Waals surface area contributed by atoms with Gasteiger partial charge in [0.1, 0.15) is 0 Å². The molecule has 0 spiro atoms. The monoisotopic (exact) mass is 178 g/mol. The summed E-state index contributed by atoms with van der Waals surface area (Å²) in [4.78, 5) is 0. The summed E-state index contributed by atoms with van der Waals surface area (Å²) in [7, 11) is 0. The summed E-state index contributed by atoms with van der Waals surface area (Å²) in [5, 5.41) is 9.74. The van der Waals surface area contributed by atoms with Crippen molar-refractivity contribution in [3.8, 4) is 0 Å². The summed E-state index contributed by atoms with van der Waals surface area (Å²) < 4.78 is 0. The SMILES string of the molecule is OC1(CCC2CC3C=CC2C3)CC1. The first-order valence-corrected chi connectivity index (χ1v) is 5.66. The van der Waals surface area contributed by atoms with E-state index in [1.54, 1.807) is 0 Å². The molecule has 2 bridgehead atoms. The van der Waals surface area contributed by atoms with Gasteiger partial charge in [0, 0.05) is 0 Å². The van der Waals surface area contributed by atoms with Crippen LogP contribution in [0.5, 0.6) is 0 Å². The zero-order valence-corrected chi connectivity index (χ0v) is 8.08. The van der Waals surface area contributed by atoms with Crippen LogP contribution in [0.1, 0.15) is 38.5 Å². The minimum absolute atomic E-state index is 0.217. The summed E-state index contributed by atoms with van der Waals surface area (Å²) in [6.07, 6.45) is 12.1. The first-order valence-electron chi connectivity index (χ1n) is 5.66. The molecule has 2 fully saturated rings. The van der Waals surface area contributed by atoms with Gasteiger partial charge in [-0.05, 0) is 56.3 Å². The zero-order chi connectivity index (χ0) is 8.89. The van der Waals surface area contributed by atoms with Crippen molar-refractivity contribution in [1.82, 2.24) is 0 Å². The number of rotatable bonds is 3. The van der Waals surface area contributed by atoms with Gasteiger partial charge in [0.05, 0.1) is 5.60 Å². The molecule has 1 N–H and O–H groups in total. The Bertz CT molecular complexity index is 240. The molecular weight excluding hydrogens is 160 g/mol. The fourth-order valence-corrected chi connectivity index (χ4v) is 3.07. The van der Waals surface area contributed by atoms with Crippen LogP contribution in [0.4, 0.5) is 0 Å². The molecule has 3 aliphatic carbocycles. The lowest BCUT2D eigenvalue weighted by Crippen LogP contribution is -2.13. The van der Waals surface area contributed by atoms with Crippen LogP contribution >= 0.6 is 0 Å². The van der Waals surface area contributed by atoms with Crippen molar-refractivity contribution in [3.05, 3.63) is 12.2 Å². The molecule has 0 saturated heterocycles. The van der Waals surface area contributed by atoms with Crippen LogP contribution in [0.25, 0.3) is 0 Å². The summed E-state index contributed by atoms with van der Waals surface area (Å²) in [6.45, 7) is 0. The zero-order valence-electron chi connectivity index (χ0n) is 8.08. The molecule has 0 aliphatic heterocycles. The highest BCUT2D eigenvalue weighted by Gasteiger charge is 2.42. The Balaban J connectivity index is 1.54. The van der Waals surface area contributed by atoms with E-state index in [0.29, 0.717) is 0 Å². The summed E-state index contributed by atoms with van der Waals surface area (Å²) in [6, 6.07) is 0. The highest BCUT2D eigenvalue weighted by molar-refractivity contribution is 5.10. The average molecular weight is 178 g/mol. The normalized spacial score (nSPS) is 44.2. The van der Waals surface area contributed by atoms with Gasteiger partial charge < -0.3 is 5.11 Å². The smallest absolute Gasteiger partial charge is 0.0650 e. The number of aliphatic hydroxyl groups is 1. The molecule has 3 unspecified atom stereocenters. The fraction of sp³-hybridized carbons (Fsp3) is 0.833. The van der Waals surface area contributed by atoms with E-state index >= 15 is 0 Å². The Hall–Kier alpha value is -0.300. The van der Waals surface area contributed by atoms with Crippen molar-refractivity contribution < 1.29 is 5.11 Å². The minimum atomic E-state index is -0.217. The second kappa shape index (κ2) is 2.60. The Morgan fingerprint density at radius 2 is 2.08 bits per heavy atom. The van der Waals surface area contributed by atoms with Gasteiger partial charge in [0.25, 0.3) is 0 Å². The fourth-order valence-electron chi connectivity index (χ4n) is 3.07. The topological polar surface area (TPSA) is 20.2 Å². The van der Waals surface area contributed by atoms with E-state index in [1.165, 1.54) is 19.3 Å². The van der Waals surface area contributed by atoms with Crippen LogP contribution in [-0.2, 0) is 0 Å². The van der Waals surface area contributed by atoms with E-state index in [9.17, 15) is 5.11 Å². The first-order chi connectivity index (χ1) is 6.25. The Morgan fingerprint density at radius 1 is 1.23 bits per heavy atom. The average Bonchev–Trinajstić information content (AvgIpc) is 2.63. The standard InChI is InChI=1S/C12H18O/c13-12(5-6-12)4-3-11-8-9-1-2-10(11)7-9/h1-2,9-11,13H,3-8H2. The molecule has 0 aromatic rings. The van der Waals surface area contributed by atoms with Crippen molar-refractivity contribution in [2.75, 3.05) is 0 Å². The number of allylic oxidation sites excluding steroid dienone is 2. The molecule has 1 nitrogen and oxygen atoms in total. The van der Waals surface area contributed by atoms with Crippen LogP contribution in [0.15, 0.2) is 12.2 Å². The molecule has 13 heavy (non-hydrogen) atoms. The predicted octanol–water partition coefficient (Wildman–Crippen LogP) is 2.50. The largest absolute Gasteiger partial charge is 0.390 e.